The maximum Gasteiger partial charge on any atom is 0.164 e. The third-order valence-corrected chi connectivity index (χ3v) is 10.6. The average Bonchev–Trinajstić information content (AvgIpc) is 3.57. The fourth-order valence-corrected chi connectivity index (χ4v) is 8.25. The smallest absolute Gasteiger partial charge is 0.164 e. The molecular weight excluding hydrogens is 615 g/mol. The third-order valence-electron chi connectivity index (χ3n) is 9.47. The van der Waals surface area contributed by atoms with Gasteiger partial charge in [0.15, 0.2) is 17.5 Å². The van der Waals surface area contributed by atoms with Crippen LogP contribution in [0.5, 0.6) is 0 Å². The van der Waals surface area contributed by atoms with Crippen molar-refractivity contribution in [1.82, 2.24) is 15.0 Å². The first-order valence-corrected chi connectivity index (χ1v) is 17.3. The van der Waals surface area contributed by atoms with E-state index in [-0.39, 0.29) is 0 Å². The molecule has 0 aliphatic carbocycles. The quantitative estimate of drug-likeness (QED) is 0.180. The molecule has 0 bridgehead atoms. The Morgan fingerprint density at radius 3 is 1.59 bits per heavy atom. The molecule has 0 N–H and O–H groups in total. The average molecular weight is 642 g/mol. The first-order valence-electron chi connectivity index (χ1n) is 16.4. The molecule has 2 aromatic heterocycles. The van der Waals surface area contributed by atoms with Crippen molar-refractivity contribution < 1.29 is 0 Å². The van der Waals surface area contributed by atoms with Gasteiger partial charge < -0.3 is 0 Å². The van der Waals surface area contributed by atoms with Crippen LogP contribution in [0.1, 0.15) is 0 Å². The first-order chi connectivity index (χ1) is 24.3. The SMILES string of the molecule is c1ccc(-c2nc(-c3ccccc3)nc(-c3cccc(-c4ccc5c(ccc6ccc7ccc8sc9ccccc9c8c7c65)c4)c3)n2)cc1. The van der Waals surface area contributed by atoms with Crippen molar-refractivity contribution in [3.8, 4) is 45.3 Å². The number of thiophene rings is 1. The molecule has 0 saturated heterocycles. The minimum atomic E-state index is 0.653. The van der Waals surface area contributed by atoms with Crippen LogP contribution in [0, 0.1) is 0 Å². The third kappa shape index (κ3) is 4.68. The summed E-state index contributed by atoms with van der Waals surface area (Å²) in [6, 6.07) is 58.0. The summed E-state index contributed by atoms with van der Waals surface area (Å²) in [5.74, 6) is 1.97. The zero-order chi connectivity index (χ0) is 32.3. The summed E-state index contributed by atoms with van der Waals surface area (Å²) in [6.07, 6.45) is 0. The Labute approximate surface area is 286 Å². The zero-order valence-electron chi connectivity index (χ0n) is 26.3. The van der Waals surface area contributed by atoms with Crippen LogP contribution in [0.15, 0.2) is 164 Å². The number of rotatable bonds is 4. The highest BCUT2D eigenvalue weighted by Gasteiger charge is 2.15. The molecule has 3 nitrogen and oxygen atoms in total. The van der Waals surface area contributed by atoms with Gasteiger partial charge in [-0.15, -0.1) is 11.3 Å². The minimum absolute atomic E-state index is 0.653. The van der Waals surface area contributed by atoms with Gasteiger partial charge in [-0.2, -0.15) is 0 Å². The van der Waals surface area contributed by atoms with E-state index in [0.29, 0.717) is 17.5 Å². The van der Waals surface area contributed by atoms with Crippen LogP contribution < -0.4 is 0 Å². The first kappa shape index (κ1) is 27.8. The molecule has 8 aromatic carbocycles. The van der Waals surface area contributed by atoms with E-state index in [2.05, 4.69) is 103 Å². The van der Waals surface area contributed by atoms with Gasteiger partial charge in [-0.25, -0.2) is 15.0 Å². The molecule has 2 heterocycles. The summed E-state index contributed by atoms with van der Waals surface area (Å²) >= 11 is 1.87. The second-order valence-corrected chi connectivity index (χ2v) is 13.5. The van der Waals surface area contributed by atoms with Gasteiger partial charge in [-0.1, -0.05) is 140 Å². The summed E-state index contributed by atoms with van der Waals surface area (Å²) < 4.78 is 2.66. The molecule has 0 fully saturated rings. The van der Waals surface area contributed by atoms with Crippen molar-refractivity contribution in [1.29, 1.82) is 0 Å². The summed E-state index contributed by atoms with van der Waals surface area (Å²) in [5.41, 5.74) is 5.14. The summed E-state index contributed by atoms with van der Waals surface area (Å²) in [7, 11) is 0. The number of hydrogen-bond donors (Lipinski definition) is 0. The minimum Gasteiger partial charge on any atom is -0.208 e. The van der Waals surface area contributed by atoms with Crippen LogP contribution >= 0.6 is 11.3 Å². The van der Waals surface area contributed by atoms with Crippen molar-refractivity contribution >= 4 is 63.8 Å². The molecule has 0 unspecified atom stereocenters. The fraction of sp³-hybridized carbons (Fsp3) is 0. The Morgan fingerprint density at radius 1 is 0.306 bits per heavy atom. The highest BCUT2D eigenvalue weighted by Crippen LogP contribution is 2.43. The highest BCUT2D eigenvalue weighted by molar-refractivity contribution is 7.26. The molecule has 0 radical (unpaired) electrons. The standard InChI is InChI=1S/C45H27N3S/c1-3-10-30(11-4-1)43-46-44(31-12-5-2-6-13-31)48-45(47-43)35-15-9-14-32(27-35)33-22-24-36-34(26-33)21-20-28-18-19-29-23-25-39-42(41(29)40(28)36)37-16-7-8-17-38(37)49-39/h1-27H. The number of fused-ring (bicyclic) bond motifs is 9. The lowest BCUT2D eigenvalue weighted by molar-refractivity contribution is 1.07. The highest BCUT2D eigenvalue weighted by atomic mass is 32.1. The van der Waals surface area contributed by atoms with Gasteiger partial charge in [0.05, 0.1) is 0 Å². The molecule has 0 spiro atoms. The second-order valence-electron chi connectivity index (χ2n) is 12.4. The van der Waals surface area contributed by atoms with Crippen LogP contribution in [-0.2, 0) is 0 Å². The number of benzene rings is 8. The lowest BCUT2D eigenvalue weighted by Gasteiger charge is -2.12. The van der Waals surface area contributed by atoms with E-state index in [0.717, 1.165) is 27.8 Å². The second kappa shape index (κ2) is 11.2. The Balaban J connectivity index is 1.13. The lowest BCUT2D eigenvalue weighted by Crippen LogP contribution is -2.00. The molecular formula is C45H27N3S. The lowest BCUT2D eigenvalue weighted by atomic mass is 9.92. The molecule has 0 atom stereocenters. The van der Waals surface area contributed by atoms with Crippen LogP contribution in [0.25, 0.3) is 97.8 Å². The molecule has 228 valence electrons. The number of hydrogen-bond acceptors (Lipinski definition) is 4. The van der Waals surface area contributed by atoms with E-state index < -0.39 is 0 Å². The van der Waals surface area contributed by atoms with Crippen LogP contribution in [0.2, 0.25) is 0 Å². The molecule has 10 rings (SSSR count). The number of nitrogens with zero attached hydrogens (tertiary/aromatic N) is 3. The predicted octanol–water partition coefficient (Wildman–Crippen LogP) is 12.4. The Bertz CT molecular complexity index is 2820. The van der Waals surface area contributed by atoms with Gasteiger partial charge in [0.1, 0.15) is 0 Å². The van der Waals surface area contributed by atoms with Gasteiger partial charge in [0.2, 0.25) is 0 Å². The summed E-state index contributed by atoms with van der Waals surface area (Å²) in [5, 5.41) is 10.4. The molecule has 4 heteroatoms. The molecule has 0 aliphatic rings. The molecule has 10 aromatic rings. The van der Waals surface area contributed by atoms with Gasteiger partial charge >= 0.3 is 0 Å². The topological polar surface area (TPSA) is 38.7 Å². The van der Waals surface area contributed by atoms with Gasteiger partial charge in [-0.05, 0) is 67.7 Å². The van der Waals surface area contributed by atoms with Crippen LogP contribution in [-0.4, -0.2) is 15.0 Å². The summed E-state index contributed by atoms with van der Waals surface area (Å²) in [4.78, 5) is 14.8. The molecule has 0 amide bonds. The zero-order valence-corrected chi connectivity index (χ0v) is 27.2. The van der Waals surface area contributed by atoms with E-state index in [1.165, 1.54) is 52.5 Å². The monoisotopic (exact) mass is 641 g/mol. The normalized spacial score (nSPS) is 11.7. The maximum atomic E-state index is 4.97. The van der Waals surface area contributed by atoms with Crippen molar-refractivity contribution in [2.75, 3.05) is 0 Å². The Morgan fingerprint density at radius 2 is 0.857 bits per heavy atom. The van der Waals surface area contributed by atoms with E-state index in [1.807, 2.05) is 72.0 Å². The van der Waals surface area contributed by atoms with E-state index in [9.17, 15) is 0 Å². The van der Waals surface area contributed by atoms with Crippen LogP contribution in [0.4, 0.5) is 0 Å². The largest absolute Gasteiger partial charge is 0.208 e. The van der Waals surface area contributed by atoms with Crippen molar-refractivity contribution in [3.63, 3.8) is 0 Å². The Hall–Kier alpha value is -6.23. The fourth-order valence-electron chi connectivity index (χ4n) is 7.14. The van der Waals surface area contributed by atoms with Crippen molar-refractivity contribution in [2.24, 2.45) is 0 Å². The van der Waals surface area contributed by atoms with E-state index in [4.69, 9.17) is 15.0 Å². The van der Waals surface area contributed by atoms with Crippen LogP contribution in [0.3, 0.4) is 0 Å². The summed E-state index contributed by atoms with van der Waals surface area (Å²) in [6.45, 7) is 0. The van der Waals surface area contributed by atoms with Gasteiger partial charge in [-0.3, -0.25) is 0 Å². The Kier molecular flexibility index (Phi) is 6.36. The molecule has 0 saturated carbocycles. The number of aromatic nitrogens is 3. The maximum absolute atomic E-state index is 4.97. The van der Waals surface area contributed by atoms with Crippen molar-refractivity contribution in [3.05, 3.63) is 164 Å². The van der Waals surface area contributed by atoms with Gasteiger partial charge in [0, 0.05) is 36.9 Å². The van der Waals surface area contributed by atoms with E-state index in [1.54, 1.807) is 0 Å². The predicted molar refractivity (Wildman–Crippen MR) is 207 cm³/mol. The van der Waals surface area contributed by atoms with Gasteiger partial charge in [0.25, 0.3) is 0 Å². The van der Waals surface area contributed by atoms with Crippen molar-refractivity contribution in [2.45, 2.75) is 0 Å². The molecule has 49 heavy (non-hydrogen) atoms. The molecule has 0 aliphatic heterocycles. The van der Waals surface area contributed by atoms with E-state index >= 15 is 0 Å².